The highest BCUT2D eigenvalue weighted by Gasteiger charge is 2.30. The van der Waals surface area contributed by atoms with Gasteiger partial charge in [-0.15, -0.1) is 0 Å². The lowest BCUT2D eigenvalue weighted by molar-refractivity contribution is -0.148. The standard InChI is InChI=1S/C15H19NO5/c1-9-7-10(13(18)21-4)5-6-11(9)16-12(17)8-15(2,3)14(19)20/h5-7H,8H2,1-4H3,(H,16,17)(H,19,20). The number of carboxylic acid groups (broad SMARTS) is 1. The summed E-state index contributed by atoms with van der Waals surface area (Å²) in [5.74, 6) is -1.88. The van der Waals surface area contributed by atoms with Crippen molar-refractivity contribution in [3.05, 3.63) is 29.3 Å². The summed E-state index contributed by atoms with van der Waals surface area (Å²) in [5, 5.41) is 11.7. The Bertz CT molecular complexity index is 577. The Labute approximate surface area is 123 Å². The molecule has 0 aliphatic rings. The highest BCUT2D eigenvalue weighted by Crippen LogP contribution is 2.23. The van der Waals surface area contributed by atoms with E-state index in [9.17, 15) is 14.4 Å². The van der Waals surface area contributed by atoms with Crippen molar-refractivity contribution in [2.45, 2.75) is 27.2 Å². The number of nitrogens with one attached hydrogen (secondary N) is 1. The van der Waals surface area contributed by atoms with Crippen LogP contribution in [0, 0.1) is 12.3 Å². The second kappa shape index (κ2) is 6.39. The Balaban J connectivity index is 2.82. The monoisotopic (exact) mass is 293 g/mol. The summed E-state index contributed by atoms with van der Waals surface area (Å²) in [6.07, 6.45) is -0.138. The number of anilines is 1. The van der Waals surface area contributed by atoms with Gasteiger partial charge in [0.2, 0.25) is 5.91 Å². The molecule has 0 aliphatic heterocycles. The van der Waals surface area contributed by atoms with E-state index in [0.29, 0.717) is 16.8 Å². The smallest absolute Gasteiger partial charge is 0.337 e. The lowest BCUT2D eigenvalue weighted by Crippen LogP contribution is -2.29. The molecule has 0 bridgehead atoms. The summed E-state index contributed by atoms with van der Waals surface area (Å²) in [7, 11) is 1.29. The normalized spacial score (nSPS) is 10.9. The Hall–Kier alpha value is -2.37. The van der Waals surface area contributed by atoms with E-state index in [1.807, 2.05) is 0 Å². The molecule has 21 heavy (non-hydrogen) atoms. The lowest BCUT2D eigenvalue weighted by Gasteiger charge is -2.18. The van der Waals surface area contributed by atoms with E-state index in [4.69, 9.17) is 5.11 Å². The van der Waals surface area contributed by atoms with Gasteiger partial charge in [-0.1, -0.05) is 0 Å². The molecule has 2 N–H and O–H groups in total. The molecule has 0 spiro atoms. The Morgan fingerprint density at radius 2 is 1.90 bits per heavy atom. The number of esters is 1. The number of carboxylic acids is 1. The van der Waals surface area contributed by atoms with Crippen LogP contribution in [0.15, 0.2) is 18.2 Å². The fourth-order valence-electron chi connectivity index (χ4n) is 1.72. The fourth-order valence-corrected chi connectivity index (χ4v) is 1.72. The quantitative estimate of drug-likeness (QED) is 0.812. The van der Waals surface area contributed by atoms with E-state index >= 15 is 0 Å². The summed E-state index contributed by atoms with van der Waals surface area (Å²) in [6.45, 7) is 4.72. The number of rotatable bonds is 5. The van der Waals surface area contributed by atoms with Crippen LogP contribution in [0.25, 0.3) is 0 Å². The molecule has 0 radical (unpaired) electrons. The molecule has 6 heteroatoms. The van der Waals surface area contributed by atoms with Gasteiger partial charge >= 0.3 is 11.9 Å². The fraction of sp³-hybridized carbons (Fsp3) is 0.400. The molecule has 0 atom stereocenters. The van der Waals surface area contributed by atoms with E-state index < -0.39 is 23.3 Å². The molecule has 6 nitrogen and oxygen atoms in total. The van der Waals surface area contributed by atoms with E-state index in [1.54, 1.807) is 19.1 Å². The highest BCUT2D eigenvalue weighted by molar-refractivity contribution is 5.96. The molecule has 0 saturated carbocycles. The van der Waals surface area contributed by atoms with Crippen molar-refractivity contribution >= 4 is 23.5 Å². The van der Waals surface area contributed by atoms with Gasteiger partial charge in [0.25, 0.3) is 0 Å². The number of benzene rings is 1. The lowest BCUT2D eigenvalue weighted by atomic mass is 9.89. The molecule has 1 aromatic carbocycles. The Morgan fingerprint density at radius 1 is 1.29 bits per heavy atom. The maximum atomic E-state index is 11.9. The minimum absolute atomic E-state index is 0.138. The Kier molecular flexibility index (Phi) is 5.07. The van der Waals surface area contributed by atoms with Crippen LogP contribution in [0.1, 0.15) is 36.2 Å². The number of aryl methyl sites for hydroxylation is 1. The summed E-state index contributed by atoms with van der Waals surface area (Å²) < 4.78 is 4.61. The number of ether oxygens (including phenoxy) is 1. The molecule has 1 amide bonds. The van der Waals surface area contributed by atoms with Crippen LogP contribution in [-0.2, 0) is 14.3 Å². The van der Waals surface area contributed by atoms with Crippen molar-refractivity contribution in [2.75, 3.05) is 12.4 Å². The van der Waals surface area contributed by atoms with Crippen LogP contribution in [0.3, 0.4) is 0 Å². The maximum absolute atomic E-state index is 11.9. The first-order chi connectivity index (χ1) is 9.67. The zero-order valence-electron chi connectivity index (χ0n) is 12.5. The predicted molar refractivity (Wildman–Crippen MR) is 77.2 cm³/mol. The van der Waals surface area contributed by atoms with Gasteiger partial charge in [-0.05, 0) is 44.5 Å². The molecule has 0 aromatic heterocycles. The highest BCUT2D eigenvalue weighted by atomic mass is 16.5. The molecule has 0 aliphatic carbocycles. The van der Waals surface area contributed by atoms with Crippen molar-refractivity contribution in [3.8, 4) is 0 Å². The van der Waals surface area contributed by atoms with Crippen LogP contribution < -0.4 is 5.32 Å². The first kappa shape index (κ1) is 16.7. The Morgan fingerprint density at radius 3 is 2.38 bits per heavy atom. The van der Waals surface area contributed by atoms with E-state index in [-0.39, 0.29) is 6.42 Å². The minimum Gasteiger partial charge on any atom is -0.481 e. The van der Waals surface area contributed by atoms with Gasteiger partial charge in [0.05, 0.1) is 18.1 Å². The SMILES string of the molecule is COC(=O)c1ccc(NC(=O)CC(C)(C)C(=O)O)c(C)c1. The molecule has 0 fully saturated rings. The van der Waals surface area contributed by atoms with Crippen molar-refractivity contribution in [2.24, 2.45) is 5.41 Å². The van der Waals surface area contributed by atoms with Crippen molar-refractivity contribution in [1.29, 1.82) is 0 Å². The van der Waals surface area contributed by atoms with Crippen LogP contribution in [0.4, 0.5) is 5.69 Å². The third-order valence-corrected chi connectivity index (χ3v) is 3.10. The second-order valence-electron chi connectivity index (χ2n) is 5.44. The van der Waals surface area contributed by atoms with Crippen LogP contribution in [0.5, 0.6) is 0 Å². The summed E-state index contributed by atoms with van der Waals surface area (Å²) in [6, 6.07) is 4.73. The number of carbonyl (C=O) groups excluding carboxylic acids is 2. The molecular formula is C15H19NO5. The molecular weight excluding hydrogens is 274 g/mol. The predicted octanol–water partition coefficient (Wildman–Crippen LogP) is 2.22. The molecule has 1 rings (SSSR count). The maximum Gasteiger partial charge on any atom is 0.337 e. The topological polar surface area (TPSA) is 92.7 Å². The van der Waals surface area contributed by atoms with Crippen molar-refractivity contribution < 1.29 is 24.2 Å². The summed E-state index contributed by atoms with van der Waals surface area (Å²) in [5.41, 5.74) is 0.483. The number of aliphatic carboxylic acids is 1. The zero-order valence-corrected chi connectivity index (χ0v) is 12.5. The first-order valence-corrected chi connectivity index (χ1v) is 6.39. The molecule has 0 unspecified atom stereocenters. The van der Waals surface area contributed by atoms with Gasteiger partial charge in [0, 0.05) is 12.1 Å². The number of amides is 1. The van der Waals surface area contributed by atoms with Gasteiger partial charge in [0.1, 0.15) is 0 Å². The minimum atomic E-state index is -1.13. The zero-order chi connectivity index (χ0) is 16.2. The van der Waals surface area contributed by atoms with Gasteiger partial charge in [-0.2, -0.15) is 0 Å². The average Bonchev–Trinajstić information content (AvgIpc) is 2.39. The number of hydrogen-bond donors (Lipinski definition) is 2. The third kappa shape index (κ3) is 4.30. The van der Waals surface area contributed by atoms with E-state index in [1.165, 1.54) is 27.0 Å². The van der Waals surface area contributed by atoms with Gasteiger partial charge < -0.3 is 15.2 Å². The molecule has 1 aromatic rings. The van der Waals surface area contributed by atoms with Crippen molar-refractivity contribution in [1.82, 2.24) is 0 Å². The van der Waals surface area contributed by atoms with Crippen molar-refractivity contribution in [3.63, 3.8) is 0 Å². The molecule has 0 heterocycles. The summed E-state index contributed by atoms with van der Waals surface area (Å²) >= 11 is 0. The van der Waals surface area contributed by atoms with Gasteiger partial charge in [-0.25, -0.2) is 4.79 Å². The molecule has 0 saturated heterocycles. The van der Waals surface area contributed by atoms with Crippen LogP contribution in [0.2, 0.25) is 0 Å². The summed E-state index contributed by atoms with van der Waals surface area (Å²) in [4.78, 5) is 34.3. The van der Waals surface area contributed by atoms with Gasteiger partial charge in [-0.3, -0.25) is 9.59 Å². The first-order valence-electron chi connectivity index (χ1n) is 6.39. The van der Waals surface area contributed by atoms with Crippen LogP contribution >= 0.6 is 0 Å². The van der Waals surface area contributed by atoms with Gasteiger partial charge in [0.15, 0.2) is 0 Å². The van der Waals surface area contributed by atoms with Crippen LogP contribution in [-0.4, -0.2) is 30.1 Å². The number of methoxy groups -OCH3 is 1. The average molecular weight is 293 g/mol. The molecule has 114 valence electrons. The van der Waals surface area contributed by atoms with E-state index in [0.717, 1.165) is 0 Å². The number of carbonyl (C=O) groups is 3. The number of hydrogen-bond acceptors (Lipinski definition) is 4. The largest absolute Gasteiger partial charge is 0.481 e. The van der Waals surface area contributed by atoms with E-state index in [2.05, 4.69) is 10.1 Å². The second-order valence-corrected chi connectivity index (χ2v) is 5.44. The third-order valence-electron chi connectivity index (χ3n) is 3.10.